The Kier molecular flexibility index (Phi) is 4.98. The van der Waals surface area contributed by atoms with Crippen molar-refractivity contribution in [1.82, 2.24) is 0 Å². The van der Waals surface area contributed by atoms with Crippen LogP contribution in [0.4, 0.5) is 5.00 Å². The van der Waals surface area contributed by atoms with Gasteiger partial charge in [-0.15, -0.1) is 23.1 Å². The van der Waals surface area contributed by atoms with Crippen molar-refractivity contribution in [3.63, 3.8) is 0 Å². The number of hydrogen-bond donors (Lipinski definition) is 1. The first kappa shape index (κ1) is 17.1. The number of hydrogen-bond acceptors (Lipinski definition) is 4. The highest BCUT2D eigenvalue weighted by Gasteiger charge is 2.23. The first-order valence-electron chi connectivity index (χ1n) is 8.04. The van der Waals surface area contributed by atoms with E-state index in [-0.39, 0.29) is 5.91 Å². The third-order valence-corrected chi connectivity index (χ3v) is 6.78. The lowest BCUT2D eigenvalue weighted by Gasteiger charge is -2.10. The summed E-state index contributed by atoms with van der Waals surface area (Å²) in [6.45, 7) is 6.25. The number of carbonyl (C=O) groups is 1. The van der Waals surface area contributed by atoms with E-state index in [0.29, 0.717) is 11.3 Å². The van der Waals surface area contributed by atoms with Crippen molar-refractivity contribution in [2.24, 2.45) is 0 Å². The van der Waals surface area contributed by atoms with E-state index in [1.165, 1.54) is 26.5 Å². The van der Waals surface area contributed by atoms with E-state index in [2.05, 4.69) is 44.3 Å². The van der Waals surface area contributed by atoms with Gasteiger partial charge in [0.1, 0.15) is 11.1 Å². The maximum Gasteiger partial charge on any atom is 0.235 e. The second-order valence-electron chi connectivity index (χ2n) is 6.24. The van der Waals surface area contributed by atoms with Crippen LogP contribution < -0.4 is 5.32 Å². The van der Waals surface area contributed by atoms with Crippen LogP contribution in [-0.2, 0) is 17.6 Å². The van der Waals surface area contributed by atoms with Gasteiger partial charge in [-0.2, -0.15) is 5.26 Å². The Bertz CT molecular complexity index is 823. The van der Waals surface area contributed by atoms with Gasteiger partial charge in [0, 0.05) is 9.77 Å². The summed E-state index contributed by atoms with van der Waals surface area (Å²) in [5.41, 5.74) is 5.48. The topological polar surface area (TPSA) is 52.9 Å². The van der Waals surface area contributed by atoms with Crippen LogP contribution >= 0.6 is 23.1 Å². The molecule has 0 spiro atoms. The summed E-state index contributed by atoms with van der Waals surface area (Å²) >= 11 is 3.13. The maximum absolute atomic E-state index is 12.3. The summed E-state index contributed by atoms with van der Waals surface area (Å²) < 4.78 is 0. The molecule has 3 nitrogen and oxygen atoms in total. The van der Waals surface area contributed by atoms with Crippen molar-refractivity contribution in [3.05, 3.63) is 44.8 Å². The number of carbonyl (C=O) groups excluding carboxylic acids is 1. The molecule has 24 heavy (non-hydrogen) atoms. The molecule has 1 aromatic carbocycles. The van der Waals surface area contributed by atoms with Crippen LogP contribution in [0.2, 0.25) is 0 Å². The molecular formula is C19H20N2OS2. The van der Waals surface area contributed by atoms with E-state index < -0.39 is 0 Å². The second kappa shape index (κ2) is 7.00. The van der Waals surface area contributed by atoms with Gasteiger partial charge in [0.25, 0.3) is 0 Å². The van der Waals surface area contributed by atoms with Gasteiger partial charge in [0.05, 0.1) is 11.3 Å². The first-order valence-corrected chi connectivity index (χ1v) is 9.85. The van der Waals surface area contributed by atoms with Gasteiger partial charge in [0.15, 0.2) is 0 Å². The lowest BCUT2D eigenvalue weighted by molar-refractivity contribution is -0.113. The highest BCUT2D eigenvalue weighted by atomic mass is 32.2. The van der Waals surface area contributed by atoms with Gasteiger partial charge in [-0.25, -0.2) is 0 Å². The third kappa shape index (κ3) is 3.35. The summed E-state index contributed by atoms with van der Waals surface area (Å²) in [6.07, 6.45) is 3.11. The lowest BCUT2D eigenvalue weighted by atomic mass is 10.1. The maximum atomic E-state index is 12.3. The molecule has 2 aromatic rings. The number of amides is 1. The number of aryl methyl sites for hydroxylation is 4. The number of nitrogens with zero attached hydrogens (tertiary/aromatic N) is 1. The summed E-state index contributed by atoms with van der Waals surface area (Å²) in [4.78, 5) is 14.8. The van der Waals surface area contributed by atoms with E-state index in [4.69, 9.17) is 0 Å². The van der Waals surface area contributed by atoms with Crippen molar-refractivity contribution >= 4 is 34.0 Å². The second-order valence-corrected chi connectivity index (χ2v) is 8.33. The average Bonchev–Trinajstić information content (AvgIpc) is 3.06. The Morgan fingerprint density at radius 1 is 1.29 bits per heavy atom. The number of rotatable bonds is 4. The zero-order chi connectivity index (χ0) is 17.3. The SMILES string of the molecule is Cc1cc(C)c(SCC(=O)Nc2sc3c(c2C#N)CCC3)c(C)c1. The fourth-order valence-electron chi connectivity index (χ4n) is 3.31. The molecule has 0 atom stereocenters. The monoisotopic (exact) mass is 356 g/mol. The number of nitriles is 1. The number of anilines is 1. The molecule has 1 amide bonds. The van der Waals surface area contributed by atoms with E-state index >= 15 is 0 Å². The van der Waals surface area contributed by atoms with Gasteiger partial charge in [0.2, 0.25) is 5.91 Å². The largest absolute Gasteiger partial charge is 0.316 e. The fourth-order valence-corrected chi connectivity index (χ4v) is 5.48. The van der Waals surface area contributed by atoms with Gasteiger partial charge < -0.3 is 5.32 Å². The van der Waals surface area contributed by atoms with Crippen LogP contribution in [0.5, 0.6) is 0 Å². The average molecular weight is 357 g/mol. The molecule has 124 valence electrons. The Hall–Kier alpha value is -1.77. The van der Waals surface area contributed by atoms with Gasteiger partial charge in [-0.1, -0.05) is 17.7 Å². The zero-order valence-corrected chi connectivity index (χ0v) is 15.8. The molecule has 0 bridgehead atoms. The lowest BCUT2D eigenvalue weighted by Crippen LogP contribution is -2.14. The highest BCUT2D eigenvalue weighted by molar-refractivity contribution is 8.00. The van der Waals surface area contributed by atoms with Gasteiger partial charge >= 0.3 is 0 Å². The molecule has 1 aliphatic carbocycles. The van der Waals surface area contributed by atoms with Gasteiger partial charge in [-0.3, -0.25) is 4.79 Å². The predicted molar refractivity (Wildman–Crippen MR) is 101 cm³/mol. The van der Waals surface area contributed by atoms with Crippen LogP contribution in [0.25, 0.3) is 0 Å². The summed E-state index contributed by atoms with van der Waals surface area (Å²) in [6, 6.07) is 6.56. The molecule has 3 rings (SSSR count). The molecule has 0 saturated carbocycles. The summed E-state index contributed by atoms with van der Waals surface area (Å²) in [7, 11) is 0. The number of nitrogens with one attached hydrogen (secondary N) is 1. The Balaban J connectivity index is 1.68. The molecule has 0 saturated heterocycles. The Morgan fingerprint density at radius 2 is 2.00 bits per heavy atom. The number of fused-ring (bicyclic) bond motifs is 1. The molecule has 1 aromatic heterocycles. The molecule has 1 aliphatic rings. The Labute approximate surface area is 151 Å². The standard InChI is InChI=1S/C19H20N2OS2/c1-11-7-12(2)18(13(3)8-11)23-10-17(22)21-19-15(9-20)14-5-4-6-16(14)24-19/h7-8H,4-6,10H2,1-3H3,(H,21,22). The summed E-state index contributed by atoms with van der Waals surface area (Å²) in [5, 5.41) is 13.1. The molecular weight excluding hydrogens is 336 g/mol. The van der Waals surface area contributed by atoms with Crippen molar-refractivity contribution in [1.29, 1.82) is 5.26 Å². The van der Waals surface area contributed by atoms with Crippen LogP contribution in [0.3, 0.4) is 0 Å². The molecule has 0 fully saturated rings. The van der Waals surface area contributed by atoms with Gasteiger partial charge in [-0.05, 0) is 56.7 Å². The highest BCUT2D eigenvalue weighted by Crippen LogP contribution is 2.38. The van der Waals surface area contributed by atoms with E-state index in [0.717, 1.165) is 29.8 Å². The Morgan fingerprint density at radius 3 is 2.67 bits per heavy atom. The van der Waals surface area contributed by atoms with Crippen LogP contribution in [0.15, 0.2) is 17.0 Å². The van der Waals surface area contributed by atoms with Crippen LogP contribution in [0, 0.1) is 32.1 Å². The zero-order valence-electron chi connectivity index (χ0n) is 14.2. The fraction of sp³-hybridized carbons (Fsp3) is 0.368. The minimum Gasteiger partial charge on any atom is -0.316 e. The van der Waals surface area contributed by atoms with E-state index in [1.54, 1.807) is 23.1 Å². The minimum atomic E-state index is -0.0456. The van der Waals surface area contributed by atoms with E-state index in [1.807, 2.05) is 0 Å². The molecule has 0 radical (unpaired) electrons. The number of thioether (sulfide) groups is 1. The van der Waals surface area contributed by atoms with Crippen LogP contribution in [0.1, 0.15) is 39.1 Å². The van der Waals surface area contributed by atoms with Crippen molar-refractivity contribution in [2.45, 2.75) is 44.9 Å². The number of thiophene rings is 1. The first-order chi connectivity index (χ1) is 11.5. The van der Waals surface area contributed by atoms with Crippen LogP contribution in [-0.4, -0.2) is 11.7 Å². The van der Waals surface area contributed by atoms with Crippen molar-refractivity contribution in [2.75, 3.05) is 11.1 Å². The molecule has 1 N–H and O–H groups in total. The number of benzene rings is 1. The van der Waals surface area contributed by atoms with E-state index in [9.17, 15) is 10.1 Å². The third-order valence-electron chi connectivity index (χ3n) is 4.24. The molecule has 5 heteroatoms. The van der Waals surface area contributed by atoms with Crippen molar-refractivity contribution in [3.8, 4) is 6.07 Å². The predicted octanol–water partition coefficient (Wildman–Crippen LogP) is 4.76. The van der Waals surface area contributed by atoms with Crippen molar-refractivity contribution < 1.29 is 4.79 Å². The molecule has 0 aliphatic heterocycles. The smallest absolute Gasteiger partial charge is 0.235 e. The normalized spacial score (nSPS) is 12.8. The minimum absolute atomic E-state index is 0.0456. The quantitative estimate of drug-likeness (QED) is 0.803. The molecule has 0 unspecified atom stereocenters. The summed E-state index contributed by atoms with van der Waals surface area (Å²) in [5.74, 6) is 0.314. The molecule has 1 heterocycles.